The summed E-state index contributed by atoms with van der Waals surface area (Å²) in [4.78, 5) is 1.23. The summed E-state index contributed by atoms with van der Waals surface area (Å²) in [5.74, 6) is -0.192. The molecule has 17 heavy (non-hydrogen) atoms. The summed E-state index contributed by atoms with van der Waals surface area (Å²) in [5.41, 5.74) is 3.29. The zero-order valence-corrected chi connectivity index (χ0v) is 13.4. The Kier molecular flexibility index (Phi) is 4.06. The fourth-order valence-corrected chi connectivity index (χ4v) is 4.12. The Hall–Kier alpha value is -0.190. The predicted molar refractivity (Wildman–Crippen MR) is 78.7 cm³/mol. The van der Waals surface area contributed by atoms with Crippen molar-refractivity contribution in [2.45, 2.75) is 18.7 Å². The minimum atomic E-state index is -0.192. The van der Waals surface area contributed by atoms with Crippen molar-refractivity contribution in [3.05, 3.63) is 55.4 Å². The summed E-state index contributed by atoms with van der Waals surface area (Å²) >= 11 is 8.84. The van der Waals surface area contributed by atoms with E-state index >= 15 is 0 Å². The van der Waals surface area contributed by atoms with Gasteiger partial charge >= 0.3 is 0 Å². The standard InChI is InChI=1S/C13H11Br2FS/c1-7-3-4-9(16)6-10(7)12(14)11-5-8(2)13(15)17-11/h3-6,12H,1-2H3. The topological polar surface area (TPSA) is 0 Å². The average Bonchev–Trinajstić information content (AvgIpc) is 2.62. The van der Waals surface area contributed by atoms with Crippen molar-refractivity contribution >= 4 is 43.2 Å². The number of hydrogen-bond donors (Lipinski definition) is 0. The van der Waals surface area contributed by atoms with Crippen LogP contribution in [0.3, 0.4) is 0 Å². The highest BCUT2D eigenvalue weighted by atomic mass is 79.9. The third-order valence-corrected chi connectivity index (χ3v) is 6.13. The summed E-state index contributed by atoms with van der Waals surface area (Å²) in [6.07, 6.45) is 0. The van der Waals surface area contributed by atoms with Gasteiger partial charge < -0.3 is 0 Å². The van der Waals surface area contributed by atoms with Gasteiger partial charge in [0.15, 0.2) is 0 Å². The van der Waals surface area contributed by atoms with E-state index in [-0.39, 0.29) is 10.6 Å². The molecule has 0 radical (unpaired) electrons. The molecule has 2 aromatic rings. The first kappa shape index (κ1) is 13.2. The Balaban J connectivity index is 2.42. The van der Waals surface area contributed by atoms with E-state index in [1.165, 1.54) is 16.5 Å². The highest BCUT2D eigenvalue weighted by Crippen LogP contribution is 2.40. The smallest absolute Gasteiger partial charge is 0.123 e. The van der Waals surface area contributed by atoms with E-state index in [0.29, 0.717) is 0 Å². The molecule has 1 atom stereocenters. The lowest BCUT2D eigenvalue weighted by Gasteiger charge is -2.11. The van der Waals surface area contributed by atoms with Crippen LogP contribution >= 0.6 is 43.2 Å². The molecule has 90 valence electrons. The van der Waals surface area contributed by atoms with E-state index in [2.05, 4.69) is 44.8 Å². The molecule has 0 aliphatic carbocycles. The lowest BCUT2D eigenvalue weighted by atomic mass is 10.0. The summed E-state index contributed by atoms with van der Waals surface area (Å²) in [6, 6.07) is 7.03. The van der Waals surface area contributed by atoms with Crippen LogP contribution in [0.15, 0.2) is 28.1 Å². The molecule has 1 aromatic carbocycles. The van der Waals surface area contributed by atoms with E-state index in [0.717, 1.165) is 14.9 Å². The Morgan fingerprint density at radius 1 is 1.18 bits per heavy atom. The first-order chi connectivity index (χ1) is 7.99. The molecule has 0 fully saturated rings. The molecule has 0 spiro atoms. The molecule has 0 saturated heterocycles. The maximum atomic E-state index is 13.3. The maximum Gasteiger partial charge on any atom is 0.123 e. The van der Waals surface area contributed by atoms with E-state index in [1.807, 2.05) is 13.0 Å². The molecule has 0 N–H and O–H groups in total. The van der Waals surface area contributed by atoms with E-state index in [4.69, 9.17) is 0 Å². The fourth-order valence-electron chi connectivity index (χ4n) is 1.65. The molecule has 0 nitrogen and oxygen atoms in total. The van der Waals surface area contributed by atoms with Crippen LogP contribution in [-0.4, -0.2) is 0 Å². The van der Waals surface area contributed by atoms with Gasteiger partial charge in [0, 0.05) is 4.88 Å². The molecule has 4 heteroatoms. The lowest BCUT2D eigenvalue weighted by molar-refractivity contribution is 0.625. The van der Waals surface area contributed by atoms with Crippen LogP contribution < -0.4 is 0 Å². The van der Waals surface area contributed by atoms with Crippen molar-refractivity contribution < 1.29 is 4.39 Å². The quantitative estimate of drug-likeness (QED) is 0.584. The Bertz CT molecular complexity index is 529. The molecule has 0 amide bonds. The van der Waals surface area contributed by atoms with Crippen LogP contribution in [-0.2, 0) is 0 Å². The minimum absolute atomic E-state index is 0.0493. The second-order valence-corrected chi connectivity index (χ2v) is 7.29. The highest BCUT2D eigenvalue weighted by molar-refractivity contribution is 9.11. The zero-order chi connectivity index (χ0) is 12.6. The summed E-state index contributed by atoms with van der Waals surface area (Å²) < 4.78 is 14.4. The molecule has 1 heterocycles. The second kappa shape index (κ2) is 5.21. The van der Waals surface area contributed by atoms with Crippen molar-refractivity contribution in [3.8, 4) is 0 Å². The van der Waals surface area contributed by atoms with E-state index in [1.54, 1.807) is 17.4 Å². The molecule has 1 unspecified atom stereocenters. The Morgan fingerprint density at radius 2 is 1.88 bits per heavy atom. The van der Waals surface area contributed by atoms with Gasteiger partial charge in [-0.25, -0.2) is 4.39 Å². The predicted octanol–water partition coefficient (Wildman–Crippen LogP) is 5.75. The normalized spacial score (nSPS) is 12.8. The number of aryl methyl sites for hydroxylation is 2. The van der Waals surface area contributed by atoms with Gasteiger partial charge in [-0.2, -0.15) is 0 Å². The molecule has 0 aliphatic heterocycles. The van der Waals surface area contributed by atoms with Crippen LogP contribution in [0.2, 0.25) is 0 Å². The van der Waals surface area contributed by atoms with Crippen molar-refractivity contribution in [1.82, 2.24) is 0 Å². The third-order valence-electron chi connectivity index (χ3n) is 2.64. The van der Waals surface area contributed by atoms with Crippen LogP contribution in [0.4, 0.5) is 4.39 Å². The lowest BCUT2D eigenvalue weighted by Crippen LogP contribution is -1.94. The zero-order valence-electron chi connectivity index (χ0n) is 9.43. The summed E-state index contributed by atoms with van der Waals surface area (Å²) in [7, 11) is 0. The van der Waals surface area contributed by atoms with Gasteiger partial charge in [-0.1, -0.05) is 22.0 Å². The van der Waals surface area contributed by atoms with Gasteiger partial charge in [0.2, 0.25) is 0 Å². The minimum Gasteiger partial charge on any atom is -0.207 e. The van der Waals surface area contributed by atoms with Crippen molar-refractivity contribution in [1.29, 1.82) is 0 Å². The maximum absolute atomic E-state index is 13.3. The number of alkyl halides is 1. The van der Waals surface area contributed by atoms with Gasteiger partial charge in [-0.05, 0) is 64.7 Å². The van der Waals surface area contributed by atoms with Gasteiger partial charge in [0.05, 0.1) is 8.61 Å². The number of benzene rings is 1. The monoisotopic (exact) mass is 376 g/mol. The Morgan fingerprint density at radius 3 is 2.47 bits per heavy atom. The van der Waals surface area contributed by atoms with Crippen molar-refractivity contribution in [3.63, 3.8) is 0 Å². The summed E-state index contributed by atoms with van der Waals surface area (Å²) in [6.45, 7) is 4.06. The molecule has 1 aromatic heterocycles. The highest BCUT2D eigenvalue weighted by Gasteiger charge is 2.16. The average molecular weight is 378 g/mol. The third kappa shape index (κ3) is 2.80. The molecule has 0 aliphatic rings. The van der Waals surface area contributed by atoms with E-state index < -0.39 is 0 Å². The fraction of sp³-hybridized carbons (Fsp3) is 0.231. The summed E-state index contributed by atoms with van der Waals surface area (Å²) in [5, 5.41) is 0. The number of thiophene rings is 1. The largest absolute Gasteiger partial charge is 0.207 e. The van der Waals surface area contributed by atoms with Crippen LogP contribution in [0.25, 0.3) is 0 Å². The first-order valence-corrected chi connectivity index (χ1v) is 7.67. The number of halogens is 3. The van der Waals surface area contributed by atoms with Crippen LogP contribution in [0, 0.1) is 19.7 Å². The SMILES string of the molecule is Cc1ccc(F)cc1C(Br)c1cc(C)c(Br)s1. The molecular weight excluding hydrogens is 367 g/mol. The van der Waals surface area contributed by atoms with Gasteiger partial charge in [0.25, 0.3) is 0 Å². The molecule has 0 saturated carbocycles. The molecular formula is C13H11Br2FS. The Labute approximate surface area is 121 Å². The van der Waals surface area contributed by atoms with Crippen LogP contribution in [0.5, 0.6) is 0 Å². The second-order valence-electron chi connectivity index (χ2n) is 3.97. The molecule has 2 rings (SSSR count). The van der Waals surface area contributed by atoms with Crippen molar-refractivity contribution in [2.75, 3.05) is 0 Å². The first-order valence-electron chi connectivity index (χ1n) is 5.15. The molecule has 0 bridgehead atoms. The number of rotatable bonds is 2. The van der Waals surface area contributed by atoms with Crippen LogP contribution in [0.1, 0.15) is 26.4 Å². The number of hydrogen-bond acceptors (Lipinski definition) is 1. The van der Waals surface area contributed by atoms with Gasteiger partial charge in [-0.3, -0.25) is 0 Å². The van der Waals surface area contributed by atoms with Gasteiger partial charge in [0.1, 0.15) is 5.82 Å². The van der Waals surface area contributed by atoms with E-state index in [9.17, 15) is 4.39 Å². The van der Waals surface area contributed by atoms with Gasteiger partial charge in [-0.15, -0.1) is 11.3 Å². The van der Waals surface area contributed by atoms with Crippen molar-refractivity contribution in [2.24, 2.45) is 0 Å².